The fraction of sp³-hybridized carbons (Fsp3) is 0.667. The summed E-state index contributed by atoms with van der Waals surface area (Å²) in [5, 5.41) is 2.90. The molecule has 0 aromatic carbocycles. The van der Waals surface area contributed by atoms with Crippen LogP contribution in [0.15, 0.2) is 17.2 Å². The molecule has 1 aromatic rings. The Bertz CT molecular complexity index is 514. The molecule has 1 aliphatic rings. The second kappa shape index (κ2) is 7.93. The van der Waals surface area contributed by atoms with Gasteiger partial charge in [-0.05, 0) is 38.8 Å². The van der Waals surface area contributed by atoms with Gasteiger partial charge in [-0.2, -0.15) is 0 Å². The number of hydrogen-bond donors (Lipinski definition) is 2. The number of piperidine rings is 1. The van der Waals surface area contributed by atoms with Crippen LogP contribution in [0.25, 0.3) is 0 Å². The van der Waals surface area contributed by atoms with E-state index in [1.807, 2.05) is 0 Å². The molecule has 0 saturated carbocycles. The Kier molecular flexibility index (Phi) is 5.92. The molecule has 21 heavy (non-hydrogen) atoms. The van der Waals surface area contributed by atoms with E-state index in [0.29, 0.717) is 31.0 Å². The zero-order valence-corrected chi connectivity index (χ0v) is 12.6. The molecule has 1 amide bonds. The molecule has 0 aliphatic carbocycles. The molecule has 0 radical (unpaired) electrons. The Morgan fingerprint density at radius 2 is 2.43 bits per heavy atom. The van der Waals surface area contributed by atoms with Gasteiger partial charge in [-0.1, -0.05) is 0 Å². The topological polar surface area (TPSA) is 78.1 Å². The molecule has 1 fully saturated rings. The van der Waals surface area contributed by atoms with Crippen LogP contribution in [0, 0.1) is 5.92 Å². The lowest BCUT2D eigenvalue weighted by atomic mass is 9.93. The maximum absolute atomic E-state index is 11.8. The molecule has 0 bridgehead atoms. The van der Waals surface area contributed by atoms with E-state index < -0.39 is 0 Å². The number of rotatable bonds is 6. The van der Waals surface area contributed by atoms with Crippen LogP contribution < -0.4 is 10.9 Å². The summed E-state index contributed by atoms with van der Waals surface area (Å²) in [6, 6.07) is 1.46. The summed E-state index contributed by atoms with van der Waals surface area (Å²) >= 11 is 0. The first kappa shape index (κ1) is 15.7. The van der Waals surface area contributed by atoms with Gasteiger partial charge < -0.3 is 15.2 Å². The smallest absolute Gasteiger partial charge is 0.250 e. The summed E-state index contributed by atoms with van der Waals surface area (Å²) in [7, 11) is 2.14. The maximum Gasteiger partial charge on any atom is 0.250 e. The average molecular weight is 292 g/mol. The Hall–Kier alpha value is -1.69. The number of amides is 1. The van der Waals surface area contributed by atoms with Crippen molar-refractivity contribution in [2.75, 3.05) is 26.7 Å². The van der Waals surface area contributed by atoms with Gasteiger partial charge in [-0.3, -0.25) is 9.59 Å². The zero-order chi connectivity index (χ0) is 15.1. The second-order valence-corrected chi connectivity index (χ2v) is 5.81. The number of carbonyl (C=O) groups is 1. The molecule has 0 unspecified atom stereocenters. The van der Waals surface area contributed by atoms with Gasteiger partial charge >= 0.3 is 0 Å². The number of H-pyrrole nitrogens is 1. The van der Waals surface area contributed by atoms with Gasteiger partial charge in [0.1, 0.15) is 0 Å². The van der Waals surface area contributed by atoms with Crippen LogP contribution in [0.2, 0.25) is 0 Å². The van der Waals surface area contributed by atoms with Crippen molar-refractivity contribution in [2.45, 2.75) is 32.1 Å². The Labute approximate surface area is 125 Å². The third-order valence-corrected chi connectivity index (χ3v) is 3.94. The molecule has 1 atom stereocenters. The largest absolute Gasteiger partial charge is 0.356 e. The molecule has 2 N–H and O–H groups in total. The first-order chi connectivity index (χ1) is 10.1. The Morgan fingerprint density at radius 1 is 1.57 bits per heavy atom. The van der Waals surface area contributed by atoms with Crippen molar-refractivity contribution in [2.24, 2.45) is 5.92 Å². The standard InChI is InChI=1S/C15H24N4O2/c1-19-8-2-3-12(10-19)4-5-14(20)16-7-6-13-9-15(21)18-11-17-13/h9,11-12H,2-8,10H2,1H3,(H,16,20)(H,17,18,21)/t12-/m0/s1. The van der Waals surface area contributed by atoms with Gasteiger partial charge in [0.15, 0.2) is 0 Å². The lowest BCUT2D eigenvalue weighted by molar-refractivity contribution is -0.121. The van der Waals surface area contributed by atoms with Crippen molar-refractivity contribution >= 4 is 5.91 Å². The number of aromatic nitrogens is 2. The summed E-state index contributed by atoms with van der Waals surface area (Å²) in [6.45, 7) is 2.80. The number of nitrogens with one attached hydrogen (secondary N) is 2. The van der Waals surface area contributed by atoms with Crippen LogP contribution in [0.3, 0.4) is 0 Å². The SMILES string of the molecule is CN1CCC[C@@H](CCC(=O)NCCc2cc(=O)[nH]cn2)C1. The first-order valence-corrected chi connectivity index (χ1v) is 7.62. The minimum Gasteiger partial charge on any atom is -0.356 e. The summed E-state index contributed by atoms with van der Waals surface area (Å²) < 4.78 is 0. The van der Waals surface area contributed by atoms with E-state index in [4.69, 9.17) is 0 Å². The lowest BCUT2D eigenvalue weighted by Crippen LogP contribution is -2.33. The van der Waals surface area contributed by atoms with Crippen molar-refractivity contribution in [3.8, 4) is 0 Å². The van der Waals surface area contributed by atoms with E-state index in [1.54, 1.807) is 0 Å². The minimum atomic E-state index is -0.159. The molecular formula is C15H24N4O2. The number of carbonyl (C=O) groups excluding carboxylic acids is 1. The summed E-state index contributed by atoms with van der Waals surface area (Å²) in [4.78, 5) is 31.8. The van der Waals surface area contributed by atoms with Crippen molar-refractivity contribution in [3.05, 3.63) is 28.4 Å². The molecule has 1 aliphatic heterocycles. The third-order valence-electron chi connectivity index (χ3n) is 3.94. The van der Waals surface area contributed by atoms with E-state index in [2.05, 4.69) is 27.2 Å². The fourth-order valence-electron chi connectivity index (χ4n) is 2.81. The first-order valence-electron chi connectivity index (χ1n) is 7.62. The molecule has 1 aromatic heterocycles. The normalized spacial score (nSPS) is 19.4. The Morgan fingerprint density at radius 3 is 3.19 bits per heavy atom. The molecule has 0 spiro atoms. The maximum atomic E-state index is 11.8. The van der Waals surface area contributed by atoms with E-state index in [-0.39, 0.29) is 11.5 Å². The Balaban J connectivity index is 1.62. The van der Waals surface area contributed by atoms with E-state index in [0.717, 1.165) is 13.0 Å². The summed E-state index contributed by atoms with van der Waals surface area (Å²) in [6.07, 6.45) is 5.98. The number of aromatic amines is 1. The highest BCUT2D eigenvalue weighted by Gasteiger charge is 2.17. The fourth-order valence-corrected chi connectivity index (χ4v) is 2.81. The van der Waals surface area contributed by atoms with E-state index >= 15 is 0 Å². The highest BCUT2D eigenvalue weighted by atomic mass is 16.1. The van der Waals surface area contributed by atoms with Crippen molar-refractivity contribution in [3.63, 3.8) is 0 Å². The summed E-state index contributed by atoms with van der Waals surface area (Å²) in [5.74, 6) is 0.733. The molecule has 1 saturated heterocycles. The van der Waals surface area contributed by atoms with Crippen molar-refractivity contribution in [1.29, 1.82) is 0 Å². The van der Waals surface area contributed by atoms with Crippen LogP contribution in [0.4, 0.5) is 0 Å². The van der Waals surface area contributed by atoms with Crippen LogP contribution in [0.1, 0.15) is 31.4 Å². The van der Waals surface area contributed by atoms with Crippen LogP contribution >= 0.6 is 0 Å². The number of likely N-dealkylation sites (tertiary alicyclic amines) is 1. The number of hydrogen-bond acceptors (Lipinski definition) is 4. The monoisotopic (exact) mass is 292 g/mol. The zero-order valence-electron chi connectivity index (χ0n) is 12.6. The number of nitrogens with zero attached hydrogens (tertiary/aromatic N) is 2. The molecule has 2 heterocycles. The predicted octanol–water partition coefficient (Wildman–Crippen LogP) is 0.551. The van der Waals surface area contributed by atoms with Gasteiger partial charge in [-0.15, -0.1) is 0 Å². The summed E-state index contributed by atoms with van der Waals surface area (Å²) in [5.41, 5.74) is 0.542. The highest BCUT2D eigenvalue weighted by Crippen LogP contribution is 2.19. The van der Waals surface area contributed by atoms with Gasteiger partial charge in [0.2, 0.25) is 5.91 Å². The van der Waals surface area contributed by atoms with Gasteiger partial charge in [0, 0.05) is 37.7 Å². The van der Waals surface area contributed by atoms with Gasteiger partial charge in [-0.25, -0.2) is 4.98 Å². The average Bonchev–Trinajstić information content (AvgIpc) is 2.45. The molecule has 2 rings (SSSR count). The quantitative estimate of drug-likeness (QED) is 0.802. The van der Waals surface area contributed by atoms with Crippen molar-refractivity contribution < 1.29 is 4.79 Å². The van der Waals surface area contributed by atoms with Crippen molar-refractivity contribution in [1.82, 2.24) is 20.2 Å². The second-order valence-electron chi connectivity index (χ2n) is 5.81. The van der Waals surface area contributed by atoms with Crippen LogP contribution in [0.5, 0.6) is 0 Å². The van der Waals surface area contributed by atoms with Crippen LogP contribution in [-0.2, 0) is 11.2 Å². The lowest BCUT2D eigenvalue weighted by Gasteiger charge is -2.29. The predicted molar refractivity (Wildman–Crippen MR) is 81.0 cm³/mol. The highest BCUT2D eigenvalue weighted by molar-refractivity contribution is 5.75. The van der Waals surface area contributed by atoms with E-state index in [9.17, 15) is 9.59 Å². The molecule has 6 nitrogen and oxygen atoms in total. The molecular weight excluding hydrogens is 268 g/mol. The van der Waals surface area contributed by atoms with E-state index in [1.165, 1.54) is 31.8 Å². The van der Waals surface area contributed by atoms with Crippen LogP contribution in [-0.4, -0.2) is 47.5 Å². The minimum absolute atomic E-state index is 0.0908. The third kappa shape index (κ3) is 5.67. The molecule has 116 valence electrons. The molecule has 6 heteroatoms. The van der Waals surface area contributed by atoms with Gasteiger partial charge in [0.05, 0.1) is 6.33 Å². The van der Waals surface area contributed by atoms with Gasteiger partial charge in [0.25, 0.3) is 5.56 Å².